The Morgan fingerprint density at radius 2 is 2.14 bits per heavy atom. The molecule has 1 amide bonds. The number of aryl methyl sites for hydroxylation is 1. The minimum Gasteiger partial charge on any atom is -0.484 e. The van der Waals surface area contributed by atoms with Crippen LogP contribution in [0.3, 0.4) is 0 Å². The van der Waals surface area contributed by atoms with Crippen LogP contribution in [0, 0.1) is 6.92 Å². The second kappa shape index (κ2) is 8.46. The fraction of sp³-hybridized carbons (Fsp3) is 0.391. The largest absolute Gasteiger partial charge is 0.484 e. The molecule has 29 heavy (non-hydrogen) atoms. The van der Waals surface area contributed by atoms with Crippen molar-refractivity contribution >= 4 is 29.4 Å². The van der Waals surface area contributed by atoms with Gasteiger partial charge in [-0.15, -0.1) is 0 Å². The molecule has 1 N–H and O–H groups in total. The summed E-state index contributed by atoms with van der Waals surface area (Å²) in [5.41, 5.74) is 7.35. The summed E-state index contributed by atoms with van der Waals surface area (Å²) in [6.07, 6.45) is 2.78. The maximum atomic E-state index is 12.0. The molecule has 0 aromatic heterocycles. The van der Waals surface area contributed by atoms with Gasteiger partial charge in [0.15, 0.2) is 6.61 Å². The molecule has 5 nitrogen and oxygen atoms in total. The summed E-state index contributed by atoms with van der Waals surface area (Å²) in [6.45, 7) is 8.75. The zero-order valence-corrected chi connectivity index (χ0v) is 18.4. The fourth-order valence-electron chi connectivity index (χ4n) is 3.79. The maximum Gasteiger partial charge on any atom is 0.277 e. The molecule has 0 saturated carbocycles. The lowest BCUT2D eigenvalue weighted by Crippen LogP contribution is -2.45. The van der Waals surface area contributed by atoms with Gasteiger partial charge in [0.25, 0.3) is 5.91 Å². The van der Waals surface area contributed by atoms with Gasteiger partial charge in [-0.05, 0) is 80.1 Å². The van der Waals surface area contributed by atoms with Crippen molar-refractivity contribution in [2.24, 2.45) is 5.10 Å². The Balaban J connectivity index is 1.65. The molecular weight excluding hydrogens is 386 g/mol. The van der Waals surface area contributed by atoms with Gasteiger partial charge in [0.2, 0.25) is 0 Å². The molecule has 0 fully saturated rings. The van der Waals surface area contributed by atoms with E-state index in [-0.39, 0.29) is 18.1 Å². The number of carbonyl (C=O) groups excluding carboxylic acids is 1. The summed E-state index contributed by atoms with van der Waals surface area (Å²) in [5.74, 6) is 0.680. The second-order valence-corrected chi connectivity index (χ2v) is 8.72. The third-order valence-electron chi connectivity index (χ3n) is 5.58. The Kier molecular flexibility index (Phi) is 6.18. The van der Waals surface area contributed by atoms with Crippen LogP contribution in [0.5, 0.6) is 5.75 Å². The summed E-state index contributed by atoms with van der Waals surface area (Å²) in [6, 6.07) is 11.3. The van der Waals surface area contributed by atoms with E-state index in [1.54, 1.807) is 30.5 Å². The molecule has 0 aliphatic carbocycles. The molecule has 1 atom stereocenters. The quantitative estimate of drug-likeness (QED) is 0.560. The minimum atomic E-state index is -0.327. The number of hydrazone groups is 1. The number of hydrogen-bond donors (Lipinski definition) is 1. The van der Waals surface area contributed by atoms with Crippen molar-refractivity contribution < 1.29 is 9.53 Å². The van der Waals surface area contributed by atoms with Crippen molar-refractivity contribution in [3.05, 3.63) is 58.1 Å². The van der Waals surface area contributed by atoms with Crippen LogP contribution in [-0.4, -0.2) is 31.3 Å². The monoisotopic (exact) mass is 413 g/mol. The van der Waals surface area contributed by atoms with E-state index < -0.39 is 0 Å². The lowest BCUT2D eigenvalue weighted by Gasteiger charge is -2.45. The van der Waals surface area contributed by atoms with Gasteiger partial charge in [0.05, 0.1) is 6.21 Å². The first-order valence-corrected chi connectivity index (χ1v) is 10.1. The molecule has 1 unspecified atom stereocenters. The van der Waals surface area contributed by atoms with Gasteiger partial charge < -0.3 is 9.64 Å². The average molecular weight is 414 g/mol. The summed E-state index contributed by atoms with van der Waals surface area (Å²) in [5, 5.41) is 4.67. The number of nitrogens with one attached hydrogen (secondary N) is 1. The van der Waals surface area contributed by atoms with Crippen LogP contribution in [0.4, 0.5) is 5.69 Å². The van der Waals surface area contributed by atoms with Gasteiger partial charge in [-0.25, -0.2) is 5.43 Å². The molecule has 154 valence electrons. The topological polar surface area (TPSA) is 53.9 Å². The maximum absolute atomic E-state index is 12.0. The molecule has 1 heterocycles. The van der Waals surface area contributed by atoms with Gasteiger partial charge in [0.1, 0.15) is 5.75 Å². The number of amides is 1. The summed E-state index contributed by atoms with van der Waals surface area (Å²) in [4.78, 5) is 14.3. The van der Waals surface area contributed by atoms with Crippen molar-refractivity contribution in [2.75, 3.05) is 18.6 Å². The van der Waals surface area contributed by atoms with Crippen molar-refractivity contribution in [1.29, 1.82) is 0 Å². The van der Waals surface area contributed by atoms with E-state index in [4.69, 9.17) is 16.3 Å². The normalized spacial score (nSPS) is 17.9. The third kappa shape index (κ3) is 4.91. The minimum absolute atomic E-state index is 0.127. The highest BCUT2D eigenvalue weighted by molar-refractivity contribution is 6.30. The van der Waals surface area contributed by atoms with Crippen LogP contribution >= 0.6 is 11.6 Å². The molecular formula is C23H28ClN3O2. The molecule has 0 spiro atoms. The summed E-state index contributed by atoms with van der Waals surface area (Å²) >= 11 is 5.90. The Hall–Kier alpha value is -2.53. The number of benzene rings is 2. The van der Waals surface area contributed by atoms with E-state index in [0.29, 0.717) is 16.7 Å². The Morgan fingerprint density at radius 1 is 1.38 bits per heavy atom. The molecule has 1 aliphatic rings. The Morgan fingerprint density at radius 3 is 2.86 bits per heavy atom. The molecule has 6 heteroatoms. The van der Waals surface area contributed by atoms with Crippen LogP contribution in [0.15, 0.2) is 41.5 Å². The number of carbonyl (C=O) groups is 1. The standard InChI is InChI=1S/C23H28ClN3O2/c1-15-9-21-20(16(2)12-23(3,4)27(21)5)10-17(15)13-25-26-22(28)14-29-19-8-6-7-18(24)11-19/h6-11,13,16H,12,14H2,1-5H3,(H,26,28)/b25-13-. The predicted molar refractivity (Wildman–Crippen MR) is 119 cm³/mol. The molecule has 3 rings (SSSR count). The van der Waals surface area contributed by atoms with Crippen LogP contribution in [0.1, 0.15) is 49.8 Å². The van der Waals surface area contributed by atoms with Gasteiger partial charge >= 0.3 is 0 Å². The van der Waals surface area contributed by atoms with Gasteiger partial charge in [-0.2, -0.15) is 5.10 Å². The molecule has 0 radical (unpaired) electrons. The highest BCUT2D eigenvalue weighted by atomic mass is 35.5. The Bertz CT molecular complexity index is 940. The predicted octanol–water partition coefficient (Wildman–Crippen LogP) is 4.90. The van der Waals surface area contributed by atoms with Crippen LogP contribution in [0.25, 0.3) is 0 Å². The summed E-state index contributed by atoms with van der Waals surface area (Å²) < 4.78 is 5.42. The second-order valence-electron chi connectivity index (χ2n) is 8.28. The molecule has 2 aromatic carbocycles. The number of halogens is 1. The number of fused-ring (bicyclic) bond motifs is 1. The van der Waals surface area contributed by atoms with E-state index in [0.717, 1.165) is 17.5 Å². The van der Waals surface area contributed by atoms with Gasteiger partial charge in [-0.1, -0.05) is 24.6 Å². The first-order valence-electron chi connectivity index (χ1n) is 9.76. The lowest BCUT2D eigenvalue weighted by molar-refractivity contribution is -0.123. The number of hydrogen-bond acceptors (Lipinski definition) is 4. The zero-order chi connectivity index (χ0) is 21.2. The number of ether oxygens (including phenoxy) is 1. The number of rotatable bonds is 5. The average Bonchev–Trinajstić information content (AvgIpc) is 2.65. The van der Waals surface area contributed by atoms with E-state index in [1.807, 2.05) is 0 Å². The third-order valence-corrected chi connectivity index (χ3v) is 5.82. The van der Waals surface area contributed by atoms with Crippen molar-refractivity contribution in [3.8, 4) is 5.75 Å². The van der Waals surface area contributed by atoms with Crippen molar-refractivity contribution in [3.63, 3.8) is 0 Å². The van der Waals surface area contributed by atoms with Crippen molar-refractivity contribution in [2.45, 2.75) is 45.6 Å². The molecule has 0 bridgehead atoms. The van der Waals surface area contributed by atoms with E-state index >= 15 is 0 Å². The van der Waals surface area contributed by atoms with Crippen LogP contribution in [0.2, 0.25) is 5.02 Å². The zero-order valence-electron chi connectivity index (χ0n) is 17.6. The molecule has 1 aliphatic heterocycles. The molecule has 0 saturated heterocycles. The highest BCUT2D eigenvalue weighted by Crippen LogP contribution is 2.43. The summed E-state index contributed by atoms with van der Waals surface area (Å²) in [7, 11) is 2.15. The highest BCUT2D eigenvalue weighted by Gasteiger charge is 2.34. The number of anilines is 1. The number of nitrogens with zero attached hydrogens (tertiary/aromatic N) is 2. The van der Waals surface area contributed by atoms with Crippen molar-refractivity contribution in [1.82, 2.24) is 5.43 Å². The van der Waals surface area contributed by atoms with Crippen LogP contribution in [-0.2, 0) is 4.79 Å². The Labute approximate surface area is 177 Å². The van der Waals surface area contributed by atoms with Gasteiger partial charge in [0, 0.05) is 23.3 Å². The lowest BCUT2D eigenvalue weighted by atomic mass is 9.79. The first-order chi connectivity index (χ1) is 13.7. The van der Waals surface area contributed by atoms with Crippen LogP contribution < -0.4 is 15.1 Å². The fourth-order valence-corrected chi connectivity index (χ4v) is 3.97. The van der Waals surface area contributed by atoms with Gasteiger partial charge in [-0.3, -0.25) is 4.79 Å². The first kappa shape index (κ1) is 21.2. The smallest absolute Gasteiger partial charge is 0.277 e. The SMILES string of the molecule is Cc1cc2c(cc1/C=N\NC(=O)COc1cccc(Cl)c1)C(C)CC(C)(C)N2C. The molecule has 2 aromatic rings. The van der Waals surface area contributed by atoms with E-state index in [9.17, 15) is 4.79 Å². The van der Waals surface area contributed by atoms with E-state index in [1.165, 1.54) is 11.3 Å². The van der Waals surface area contributed by atoms with E-state index in [2.05, 4.69) is 62.3 Å².